The van der Waals surface area contributed by atoms with Gasteiger partial charge in [-0.3, -0.25) is 4.98 Å². The van der Waals surface area contributed by atoms with Crippen LogP contribution in [0.1, 0.15) is 32.2 Å². The van der Waals surface area contributed by atoms with Crippen LogP contribution < -0.4 is 9.64 Å². The molecule has 200 valence electrons. The van der Waals surface area contributed by atoms with Gasteiger partial charge in [0.05, 0.1) is 23.3 Å². The van der Waals surface area contributed by atoms with Crippen molar-refractivity contribution in [3.05, 3.63) is 54.2 Å². The first-order chi connectivity index (χ1) is 18.2. The van der Waals surface area contributed by atoms with Gasteiger partial charge in [0.15, 0.2) is 5.75 Å². The highest BCUT2D eigenvalue weighted by Gasteiger charge is 2.30. The van der Waals surface area contributed by atoms with Crippen molar-refractivity contribution in [1.29, 1.82) is 0 Å². The van der Waals surface area contributed by atoms with Crippen LogP contribution in [0.4, 0.5) is 10.7 Å². The van der Waals surface area contributed by atoms with Crippen LogP contribution >= 0.6 is 0 Å². The molecule has 10 nitrogen and oxygen atoms in total. The summed E-state index contributed by atoms with van der Waals surface area (Å²) < 4.78 is 19.3. The van der Waals surface area contributed by atoms with Crippen molar-refractivity contribution >= 4 is 23.1 Å². The minimum absolute atomic E-state index is 0.258. The Labute approximate surface area is 222 Å². The van der Waals surface area contributed by atoms with Gasteiger partial charge in [-0.1, -0.05) is 11.2 Å². The first-order valence-corrected chi connectivity index (χ1v) is 12.9. The van der Waals surface area contributed by atoms with Gasteiger partial charge in [-0.2, -0.15) is 0 Å². The lowest BCUT2D eigenvalue weighted by Crippen LogP contribution is -2.50. The minimum atomic E-state index is -0.492. The van der Waals surface area contributed by atoms with E-state index in [0.717, 1.165) is 51.9 Å². The Morgan fingerprint density at radius 2 is 1.74 bits per heavy atom. The summed E-state index contributed by atoms with van der Waals surface area (Å²) in [5.74, 6) is 2.52. The Balaban J connectivity index is 0.000000433. The Morgan fingerprint density at radius 3 is 2.32 bits per heavy atom. The largest absolute Gasteiger partial charge is 0.489 e. The zero-order chi connectivity index (χ0) is 26.9. The number of nitrogens with zero attached hydrogens (tertiary/aromatic N) is 6. The smallest absolute Gasteiger partial charge is 0.410 e. The molecule has 0 bridgehead atoms. The maximum absolute atomic E-state index is 12.4. The standard InChI is InChI=1S/C23H29N5O4.C5H5N/c1-14-18(15(2)32-25-14)16-6-7-17-19-20(16)30-13-12-28(19)21(24-17)26-8-10-27(11-9-26)22(29)31-23(3,4)5;1-2-4-6-5-3-1/h6-7H,8-13H2,1-5H3;1-5H. The van der Waals surface area contributed by atoms with Gasteiger partial charge in [0.2, 0.25) is 5.95 Å². The zero-order valence-corrected chi connectivity index (χ0v) is 22.6. The molecule has 0 N–H and O–H groups in total. The maximum atomic E-state index is 12.4. The number of carbonyl (C=O) groups excluding carboxylic acids is 1. The van der Waals surface area contributed by atoms with Crippen molar-refractivity contribution in [2.45, 2.75) is 46.8 Å². The number of imidazole rings is 1. The fraction of sp³-hybridized carbons (Fsp3) is 0.429. The summed E-state index contributed by atoms with van der Waals surface area (Å²) in [5, 5.41) is 4.11. The summed E-state index contributed by atoms with van der Waals surface area (Å²) in [7, 11) is 0. The Hall–Kier alpha value is -4.08. The molecule has 0 aliphatic carbocycles. The highest BCUT2D eigenvalue weighted by molar-refractivity contribution is 5.93. The molecule has 5 heterocycles. The molecule has 1 aromatic carbocycles. The molecule has 0 spiro atoms. The molecule has 0 unspecified atom stereocenters. The van der Waals surface area contributed by atoms with Crippen LogP contribution in [0, 0.1) is 13.8 Å². The van der Waals surface area contributed by atoms with E-state index < -0.39 is 5.60 Å². The van der Waals surface area contributed by atoms with E-state index in [9.17, 15) is 4.79 Å². The van der Waals surface area contributed by atoms with Gasteiger partial charge in [0.1, 0.15) is 23.5 Å². The minimum Gasteiger partial charge on any atom is -0.489 e. The average Bonchev–Trinajstić information content (AvgIpc) is 3.45. The predicted molar refractivity (Wildman–Crippen MR) is 144 cm³/mol. The van der Waals surface area contributed by atoms with Crippen molar-refractivity contribution in [3.63, 3.8) is 0 Å². The molecule has 4 aromatic rings. The van der Waals surface area contributed by atoms with Crippen molar-refractivity contribution in [2.24, 2.45) is 0 Å². The van der Waals surface area contributed by atoms with E-state index in [0.29, 0.717) is 32.8 Å². The number of aryl methyl sites for hydroxylation is 2. The molecule has 38 heavy (non-hydrogen) atoms. The lowest BCUT2D eigenvalue weighted by atomic mass is 10.0. The third-order valence-corrected chi connectivity index (χ3v) is 6.49. The second-order valence-corrected chi connectivity index (χ2v) is 10.4. The number of piperazine rings is 1. The molecule has 1 saturated heterocycles. The van der Waals surface area contributed by atoms with Gasteiger partial charge in [0.25, 0.3) is 0 Å². The molecule has 2 aliphatic heterocycles. The van der Waals surface area contributed by atoms with E-state index in [1.165, 1.54) is 0 Å². The number of ether oxygens (including phenoxy) is 2. The summed E-state index contributed by atoms with van der Waals surface area (Å²) in [4.78, 5) is 25.1. The Bertz CT molecular complexity index is 1370. The fourth-order valence-electron chi connectivity index (χ4n) is 4.81. The number of amides is 1. The third-order valence-electron chi connectivity index (χ3n) is 6.49. The van der Waals surface area contributed by atoms with Crippen LogP contribution in [0.5, 0.6) is 5.75 Å². The molecule has 10 heteroatoms. The van der Waals surface area contributed by atoms with Crippen LogP contribution in [0.2, 0.25) is 0 Å². The van der Waals surface area contributed by atoms with Crippen molar-refractivity contribution < 1.29 is 18.8 Å². The molecule has 6 rings (SSSR count). The van der Waals surface area contributed by atoms with Crippen LogP contribution in [-0.2, 0) is 11.3 Å². The quantitative estimate of drug-likeness (QED) is 0.372. The number of pyridine rings is 1. The van der Waals surface area contributed by atoms with E-state index in [2.05, 4.69) is 19.6 Å². The highest BCUT2D eigenvalue weighted by Crippen LogP contribution is 2.42. The summed E-state index contributed by atoms with van der Waals surface area (Å²) in [5.41, 5.74) is 4.21. The van der Waals surface area contributed by atoms with Crippen LogP contribution in [0.15, 0.2) is 47.2 Å². The van der Waals surface area contributed by atoms with Gasteiger partial charge >= 0.3 is 6.09 Å². The molecule has 2 aliphatic rings. The number of anilines is 1. The van der Waals surface area contributed by atoms with Crippen molar-refractivity contribution in [3.8, 4) is 16.9 Å². The van der Waals surface area contributed by atoms with E-state index in [1.54, 1.807) is 17.3 Å². The van der Waals surface area contributed by atoms with Gasteiger partial charge in [-0.15, -0.1) is 0 Å². The maximum Gasteiger partial charge on any atom is 0.410 e. The molecule has 0 atom stereocenters. The SMILES string of the molecule is Cc1noc(C)c1-c1ccc2nc(N3CCN(C(=O)OC(C)(C)C)CC3)n3c2c1OCC3.c1ccncc1. The molecule has 0 saturated carbocycles. The second kappa shape index (κ2) is 10.4. The van der Waals surface area contributed by atoms with Gasteiger partial charge < -0.3 is 28.4 Å². The van der Waals surface area contributed by atoms with Crippen molar-refractivity contribution in [2.75, 3.05) is 37.7 Å². The van der Waals surface area contributed by atoms with Gasteiger partial charge in [-0.05, 0) is 58.9 Å². The molecular weight excluding hydrogens is 484 g/mol. The molecule has 1 amide bonds. The number of aromatic nitrogens is 4. The summed E-state index contributed by atoms with van der Waals surface area (Å²) in [6, 6.07) is 9.79. The van der Waals surface area contributed by atoms with Gasteiger partial charge in [-0.25, -0.2) is 9.78 Å². The first-order valence-electron chi connectivity index (χ1n) is 12.9. The Morgan fingerprint density at radius 1 is 1.00 bits per heavy atom. The summed E-state index contributed by atoms with van der Waals surface area (Å²) in [6.45, 7) is 13.4. The van der Waals surface area contributed by atoms with E-state index in [4.69, 9.17) is 19.0 Å². The number of carbonyl (C=O) groups is 1. The van der Waals surface area contributed by atoms with E-state index >= 15 is 0 Å². The molecule has 3 aromatic heterocycles. The van der Waals surface area contributed by atoms with E-state index in [1.807, 2.05) is 65.0 Å². The summed E-state index contributed by atoms with van der Waals surface area (Å²) in [6.07, 6.45) is 3.24. The molecule has 1 fully saturated rings. The third kappa shape index (κ3) is 5.16. The zero-order valence-electron chi connectivity index (χ0n) is 22.6. The van der Waals surface area contributed by atoms with Gasteiger partial charge in [0, 0.05) is 44.1 Å². The van der Waals surface area contributed by atoms with E-state index in [-0.39, 0.29) is 6.09 Å². The predicted octanol–water partition coefficient (Wildman–Crippen LogP) is 4.84. The van der Waals surface area contributed by atoms with Crippen LogP contribution in [-0.4, -0.2) is 69.1 Å². The van der Waals surface area contributed by atoms with Crippen LogP contribution in [0.3, 0.4) is 0 Å². The lowest BCUT2D eigenvalue weighted by molar-refractivity contribution is 0.0240. The Kier molecular flexibility index (Phi) is 6.96. The average molecular weight is 519 g/mol. The number of hydrogen-bond donors (Lipinski definition) is 0. The second-order valence-electron chi connectivity index (χ2n) is 10.4. The van der Waals surface area contributed by atoms with Crippen molar-refractivity contribution in [1.82, 2.24) is 24.6 Å². The molecular formula is C28H34N6O4. The number of hydrogen-bond acceptors (Lipinski definition) is 8. The highest BCUT2D eigenvalue weighted by atomic mass is 16.6. The number of rotatable bonds is 2. The monoisotopic (exact) mass is 518 g/mol. The topological polar surface area (TPSA) is 98.8 Å². The lowest BCUT2D eigenvalue weighted by Gasteiger charge is -2.36. The first kappa shape index (κ1) is 25.6. The summed E-state index contributed by atoms with van der Waals surface area (Å²) >= 11 is 0. The normalized spacial score (nSPS) is 15.1. The number of benzene rings is 1. The molecule has 0 radical (unpaired) electrons. The van der Waals surface area contributed by atoms with Crippen LogP contribution in [0.25, 0.3) is 22.2 Å². The fourth-order valence-corrected chi connectivity index (χ4v) is 4.81.